The molecule has 0 aromatic heterocycles. The van der Waals surface area contributed by atoms with Crippen molar-refractivity contribution in [1.82, 2.24) is 0 Å². The van der Waals surface area contributed by atoms with E-state index >= 15 is 0 Å². The monoisotopic (exact) mass is 1120 g/mol. The molecule has 0 radical (unpaired) electrons. The zero-order valence-electron chi connectivity index (χ0n) is 52.8. The summed E-state index contributed by atoms with van der Waals surface area (Å²) < 4.78 is 16.9. The first-order chi connectivity index (χ1) is 40.0. The molecule has 0 saturated heterocycles. The fourth-order valence-electron chi connectivity index (χ4n) is 9.14. The number of unbranched alkanes of at least 4 members (excludes halogenated alkanes) is 27. The number of ether oxygens (including phenoxy) is 3. The Morgan fingerprint density at radius 1 is 0.259 bits per heavy atom. The molecule has 6 nitrogen and oxygen atoms in total. The summed E-state index contributed by atoms with van der Waals surface area (Å²) in [6.45, 7) is 6.38. The first-order valence-corrected chi connectivity index (χ1v) is 33.7. The van der Waals surface area contributed by atoms with Gasteiger partial charge >= 0.3 is 17.9 Å². The lowest BCUT2D eigenvalue weighted by molar-refractivity contribution is -0.167. The topological polar surface area (TPSA) is 78.9 Å². The van der Waals surface area contributed by atoms with Crippen molar-refractivity contribution in [2.75, 3.05) is 13.2 Å². The molecular formula is C75H124O6. The van der Waals surface area contributed by atoms with E-state index in [4.69, 9.17) is 14.2 Å². The van der Waals surface area contributed by atoms with Crippen LogP contribution in [0, 0.1) is 0 Å². The zero-order chi connectivity index (χ0) is 58.5. The van der Waals surface area contributed by atoms with Crippen molar-refractivity contribution in [3.63, 3.8) is 0 Å². The second-order valence-electron chi connectivity index (χ2n) is 22.0. The quantitative estimate of drug-likeness (QED) is 0.0261. The number of carbonyl (C=O) groups is 3. The Hall–Kier alpha value is -4.45. The number of allylic oxidation sites excluding steroid dienone is 22. The van der Waals surface area contributed by atoms with Crippen LogP contribution >= 0.6 is 0 Å². The lowest BCUT2D eigenvalue weighted by atomic mass is 10.0. The van der Waals surface area contributed by atoms with Crippen molar-refractivity contribution >= 4 is 17.9 Å². The Kier molecular flexibility index (Phi) is 64.3. The number of hydrogen-bond acceptors (Lipinski definition) is 6. The van der Waals surface area contributed by atoms with E-state index in [0.717, 1.165) is 141 Å². The summed E-state index contributed by atoms with van der Waals surface area (Å²) in [5, 5.41) is 0. The maximum absolute atomic E-state index is 12.9. The van der Waals surface area contributed by atoms with Gasteiger partial charge in [-0.3, -0.25) is 14.4 Å². The second kappa shape index (κ2) is 68.1. The summed E-state index contributed by atoms with van der Waals surface area (Å²) in [7, 11) is 0. The molecule has 1 atom stereocenters. The molecule has 0 spiro atoms. The average Bonchev–Trinajstić information content (AvgIpc) is 3.47. The molecule has 0 rings (SSSR count). The molecular weight excluding hydrogens is 997 g/mol. The Balaban J connectivity index is 4.35. The van der Waals surface area contributed by atoms with Gasteiger partial charge in [0.15, 0.2) is 6.10 Å². The highest BCUT2D eigenvalue weighted by Crippen LogP contribution is 2.16. The summed E-state index contributed by atoms with van der Waals surface area (Å²) >= 11 is 0. The van der Waals surface area contributed by atoms with Gasteiger partial charge in [0.25, 0.3) is 0 Å². The van der Waals surface area contributed by atoms with Crippen molar-refractivity contribution in [3.05, 3.63) is 134 Å². The van der Waals surface area contributed by atoms with Crippen LogP contribution in [0.4, 0.5) is 0 Å². The van der Waals surface area contributed by atoms with Gasteiger partial charge in [0, 0.05) is 19.3 Å². The summed E-state index contributed by atoms with van der Waals surface area (Å²) in [5.41, 5.74) is 0. The maximum Gasteiger partial charge on any atom is 0.306 e. The predicted molar refractivity (Wildman–Crippen MR) is 353 cm³/mol. The zero-order valence-corrected chi connectivity index (χ0v) is 52.8. The highest BCUT2D eigenvalue weighted by molar-refractivity contribution is 5.71. The van der Waals surface area contributed by atoms with Gasteiger partial charge in [0.1, 0.15) is 13.2 Å². The molecule has 0 saturated carbocycles. The van der Waals surface area contributed by atoms with Crippen LogP contribution in [0.3, 0.4) is 0 Å². The second-order valence-corrected chi connectivity index (χ2v) is 22.0. The summed E-state index contributed by atoms with van der Waals surface area (Å²) in [4.78, 5) is 38.4. The molecule has 0 aliphatic rings. The Bertz CT molecular complexity index is 1720. The van der Waals surface area contributed by atoms with E-state index in [0.29, 0.717) is 19.3 Å². The van der Waals surface area contributed by atoms with Gasteiger partial charge in [-0.15, -0.1) is 0 Å². The van der Waals surface area contributed by atoms with Crippen molar-refractivity contribution in [2.24, 2.45) is 0 Å². The molecule has 0 bridgehead atoms. The third kappa shape index (κ3) is 66.2. The van der Waals surface area contributed by atoms with Crippen molar-refractivity contribution in [1.29, 1.82) is 0 Å². The van der Waals surface area contributed by atoms with Crippen LogP contribution in [0.2, 0.25) is 0 Å². The smallest absolute Gasteiger partial charge is 0.306 e. The molecule has 0 aliphatic heterocycles. The molecule has 0 aliphatic carbocycles. The van der Waals surface area contributed by atoms with Crippen LogP contribution in [0.1, 0.15) is 303 Å². The van der Waals surface area contributed by atoms with Crippen LogP contribution in [-0.4, -0.2) is 37.2 Å². The molecule has 0 aromatic rings. The third-order valence-corrected chi connectivity index (χ3v) is 14.1. The van der Waals surface area contributed by atoms with Gasteiger partial charge in [-0.25, -0.2) is 0 Å². The minimum atomic E-state index is -0.800. The number of esters is 3. The van der Waals surface area contributed by atoms with Gasteiger partial charge in [0.2, 0.25) is 0 Å². The molecule has 6 heteroatoms. The highest BCUT2D eigenvalue weighted by atomic mass is 16.6. The van der Waals surface area contributed by atoms with Gasteiger partial charge in [-0.1, -0.05) is 283 Å². The fourth-order valence-corrected chi connectivity index (χ4v) is 9.14. The summed E-state index contributed by atoms with van der Waals surface area (Å²) in [5.74, 6) is -0.920. The van der Waals surface area contributed by atoms with Crippen LogP contribution < -0.4 is 0 Å². The van der Waals surface area contributed by atoms with Crippen molar-refractivity contribution in [3.8, 4) is 0 Å². The maximum atomic E-state index is 12.9. The Labute approximate surface area is 500 Å². The number of carbonyl (C=O) groups excluding carboxylic acids is 3. The lowest BCUT2D eigenvalue weighted by Crippen LogP contribution is -2.30. The Morgan fingerprint density at radius 2 is 0.481 bits per heavy atom. The molecule has 0 aromatic carbocycles. The van der Waals surface area contributed by atoms with E-state index in [9.17, 15) is 14.4 Å². The van der Waals surface area contributed by atoms with Gasteiger partial charge in [-0.2, -0.15) is 0 Å². The van der Waals surface area contributed by atoms with Gasteiger partial charge in [-0.05, 0) is 135 Å². The van der Waals surface area contributed by atoms with Crippen LogP contribution in [-0.2, 0) is 28.6 Å². The van der Waals surface area contributed by atoms with E-state index in [1.54, 1.807) is 0 Å². The molecule has 0 N–H and O–H groups in total. The van der Waals surface area contributed by atoms with E-state index in [1.165, 1.54) is 122 Å². The highest BCUT2D eigenvalue weighted by Gasteiger charge is 2.19. The van der Waals surface area contributed by atoms with Gasteiger partial charge < -0.3 is 14.2 Å². The van der Waals surface area contributed by atoms with E-state index in [2.05, 4.69) is 154 Å². The summed E-state index contributed by atoms with van der Waals surface area (Å²) in [6, 6.07) is 0. The molecule has 81 heavy (non-hydrogen) atoms. The Morgan fingerprint density at radius 3 is 0.753 bits per heavy atom. The largest absolute Gasteiger partial charge is 0.462 e. The summed E-state index contributed by atoms with van der Waals surface area (Å²) in [6.07, 6.45) is 96.0. The first kappa shape index (κ1) is 76.5. The van der Waals surface area contributed by atoms with E-state index in [-0.39, 0.29) is 31.1 Å². The van der Waals surface area contributed by atoms with E-state index in [1.807, 2.05) is 0 Å². The minimum Gasteiger partial charge on any atom is -0.462 e. The standard InChI is InChI=1S/C75H124O6/c1-4-7-10-13-16-19-22-25-28-31-32-33-34-35-36-37-38-39-40-41-42-45-47-50-53-56-59-62-65-68-74(77)80-71-72(81-75(78)69-66-63-60-57-54-51-48-44-30-27-24-21-18-15-12-9-6-3)70-79-73(76)67-64-61-58-55-52-49-46-43-29-26-23-20-17-14-11-8-5-2/h7,9-10,12,16-21,25-30,32-33,35-36,48,51,72H,4-6,8,11,13-15,22-24,31,34,37-47,49-50,52-71H2,1-3H3/b10-7-,12-9-,19-16-,20-17-,21-18-,28-25-,29-26-,30-27-,33-32-,36-35-,51-48-. The van der Waals surface area contributed by atoms with Crippen molar-refractivity contribution in [2.45, 2.75) is 309 Å². The number of hydrogen-bond donors (Lipinski definition) is 0. The van der Waals surface area contributed by atoms with Gasteiger partial charge in [0.05, 0.1) is 0 Å². The normalized spacial score (nSPS) is 13.0. The number of rotatable bonds is 60. The molecule has 0 heterocycles. The molecule has 0 amide bonds. The molecule has 460 valence electrons. The van der Waals surface area contributed by atoms with Crippen LogP contribution in [0.5, 0.6) is 0 Å². The van der Waals surface area contributed by atoms with Crippen LogP contribution in [0.25, 0.3) is 0 Å². The minimum absolute atomic E-state index is 0.0935. The van der Waals surface area contributed by atoms with Crippen LogP contribution in [0.15, 0.2) is 134 Å². The molecule has 0 fully saturated rings. The molecule has 1 unspecified atom stereocenters. The lowest BCUT2D eigenvalue weighted by Gasteiger charge is -2.18. The van der Waals surface area contributed by atoms with Crippen molar-refractivity contribution < 1.29 is 28.6 Å². The average molecular weight is 1120 g/mol. The van der Waals surface area contributed by atoms with E-state index < -0.39 is 6.10 Å². The fraction of sp³-hybridized carbons (Fsp3) is 0.667. The predicted octanol–water partition coefficient (Wildman–Crippen LogP) is 23.3. The third-order valence-electron chi connectivity index (χ3n) is 14.1. The first-order valence-electron chi connectivity index (χ1n) is 33.7. The SMILES string of the molecule is CC/C=C\C/C=C\C/C=C\C/C=C\C/C=C\CCCCCCCCCCCCCCCC(=O)OCC(COC(=O)CCCCCCCCC/C=C\C/C=C\CCCCC)OC(=O)CCCCCC/C=C\C/C=C\C/C=C\C/C=C\CC.